The van der Waals surface area contributed by atoms with Crippen LogP contribution in [0.3, 0.4) is 0 Å². The van der Waals surface area contributed by atoms with E-state index in [0.29, 0.717) is 41.5 Å². The first-order valence-corrected chi connectivity index (χ1v) is 15.6. The number of halogens is 1. The van der Waals surface area contributed by atoms with Crippen LogP contribution in [0.15, 0.2) is 71.8 Å². The second kappa shape index (κ2) is 13.4. The van der Waals surface area contributed by atoms with Crippen molar-refractivity contribution < 1.29 is 14.6 Å². The Kier molecular flexibility index (Phi) is 9.72. The maximum atomic E-state index is 14.0. The van der Waals surface area contributed by atoms with E-state index < -0.39 is 0 Å². The van der Waals surface area contributed by atoms with Gasteiger partial charge in [-0.15, -0.1) is 0 Å². The van der Waals surface area contributed by atoms with Crippen molar-refractivity contribution in [3.8, 4) is 11.1 Å². The van der Waals surface area contributed by atoms with Crippen LogP contribution in [0.25, 0.3) is 11.1 Å². The van der Waals surface area contributed by atoms with E-state index in [0.717, 1.165) is 67.5 Å². The number of nitrogens with zero attached hydrogens (tertiary/aromatic N) is 3. The number of carbonyl (C=O) groups excluding carboxylic acids is 1. The molecule has 6 nitrogen and oxygen atoms in total. The van der Waals surface area contributed by atoms with Gasteiger partial charge in [0.25, 0.3) is 0 Å². The number of allylic oxidation sites excluding steroid dienone is 4. The van der Waals surface area contributed by atoms with Crippen LogP contribution in [-0.2, 0) is 9.53 Å². The molecule has 1 N–H and O–H groups in total. The van der Waals surface area contributed by atoms with Gasteiger partial charge in [-0.05, 0) is 107 Å². The van der Waals surface area contributed by atoms with Crippen molar-refractivity contribution in [3.05, 3.63) is 71.8 Å². The Hall–Kier alpha value is -2.83. The van der Waals surface area contributed by atoms with Crippen molar-refractivity contribution in [1.82, 2.24) is 9.78 Å². The highest BCUT2D eigenvalue weighted by atomic mass is 35.5. The molecule has 2 aromatic rings. The lowest BCUT2D eigenvalue weighted by Gasteiger charge is -2.36. The summed E-state index contributed by atoms with van der Waals surface area (Å²) in [6, 6.07) is 8.93. The molecule has 0 radical (unpaired) electrons. The van der Waals surface area contributed by atoms with Gasteiger partial charge in [0.1, 0.15) is 5.76 Å². The summed E-state index contributed by atoms with van der Waals surface area (Å²) in [4.78, 5) is 16.1. The van der Waals surface area contributed by atoms with Gasteiger partial charge in [0.05, 0.1) is 30.5 Å². The minimum absolute atomic E-state index is 0.0330. The number of aliphatic hydroxyl groups excluding tert-OH is 1. The number of carbonyl (C=O) groups is 1. The van der Waals surface area contributed by atoms with Crippen LogP contribution in [-0.4, -0.2) is 40.6 Å². The van der Waals surface area contributed by atoms with Crippen molar-refractivity contribution in [2.75, 3.05) is 18.6 Å². The number of anilines is 1. The predicted molar refractivity (Wildman–Crippen MR) is 166 cm³/mol. The van der Waals surface area contributed by atoms with Crippen LogP contribution in [0.2, 0.25) is 0 Å². The molecule has 41 heavy (non-hydrogen) atoms. The first-order chi connectivity index (χ1) is 19.8. The molecule has 0 atom stereocenters. The molecule has 0 unspecified atom stereocenters. The fourth-order valence-corrected chi connectivity index (χ4v) is 6.50. The molecule has 1 heterocycles. The molecule has 3 fully saturated rings. The molecule has 5 rings (SSSR count). The van der Waals surface area contributed by atoms with Crippen LogP contribution in [0.4, 0.5) is 5.69 Å². The van der Waals surface area contributed by atoms with Crippen LogP contribution in [0.1, 0.15) is 77.2 Å². The summed E-state index contributed by atoms with van der Waals surface area (Å²) in [7, 11) is 1.62. The Morgan fingerprint density at radius 2 is 1.78 bits per heavy atom. The minimum Gasteiger partial charge on any atom is -0.496 e. The van der Waals surface area contributed by atoms with E-state index in [9.17, 15) is 9.90 Å². The SMILES string of the molecule is C=C(/C=C\C(OC)=C(/C)Cl)[C@H]1CC[C@H](CN(c2cccc(-c3cnn(C4CC4)c3)c2)C(=O)[C@H]2CC[C@H](O)CC2)CC1. The summed E-state index contributed by atoms with van der Waals surface area (Å²) < 4.78 is 7.42. The van der Waals surface area contributed by atoms with Crippen molar-refractivity contribution in [2.45, 2.75) is 83.3 Å². The molecule has 3 aliphatic carbocycles. The molecule has 3 saturated carbocycles. The molecule has 1 amide bonds. The second-order valence-electron chi connectivity index (χ2n) is 12.2. The number of benzene rings is 1. The number of hydrogen-bond acceptors (Lipinski definition) is 4. The zero-order valence-corrected chi connectivity index (χ0v) is 25.2. The second-order valence-corrected chi connectivity index (χ2v) is 12.7. The van der Waals surface area contributed by atoms with Crippen LogP contribution in [0, 0.1) is 17.8 Å². The first kappa shape index (κ1) is 29.7. The number of hydrogen-bond donors (Lipinski definition) is 1. The third-order valence-electron chi connectivity index (χ3n) is 9.15. The first-order valence-electron chi connectivity index (χ1n) is 15.2. The number of ether oxygens (including phenoxy) is 1. The fourth-order valence-electron chi connectivity index (χ4n) is 6.36. The number of aliphatic hydroxyl groups is 1. The van der Waals surface area contributed by atoms with E-state index in [1.54, 1.807) is 7.11 Å². The molecule has 1 aromatic carbocycles. The molecule has 1 aromatic heterocycles. The monoisotopic (exact) mass is 577 g/mol. The van der Waals surface area contributed by atoms with Gasteiger partial charge in [-0.25, -0.2) is 0 Å². The van der Waals surface area contributed by atoms with Gasteiger partial charge in [-0.1, -0.05) is 42.0 Å². The van der Waals surface area contributed by atoms with Crippen LogP contribution >= 0.6 is 11.6 Å². The topological polar surface area (TPSA) is 67.6 Å². The number of rotatable bonds is 10. The summed E-state index contributed by atoms with van der Waals surface area (Å²) in [6.45, 7) is 6.87. The molecule has 0 bridgehead atoms. The molecule has 0 aliphatic heterocycles. The van der Waals surface area contributed by atoms with Crippen LogP contribution < -0.4 is 4.90 Å². The third-order valence-corrected chi connectivity index (χ3v) is 9.33. The maximum absolute atomic E-state index is 14.0. The van der Waals surface area contributed by atoms with Crippen LogP contribution in [0.5, 0.6) is 0 Å². The normalized spacial score (nSPS) is 25.6. The molecule has 0 spiro atoms. The van der Waals surface area contributed by atoms with Crippen molar-refractivity contribution in [2.24, 2.45) is 17.8 Å². The zero-order valence-electron chi connectivity index (χ0n) is 24.5. The lowest BCUT2D eigenvalue weighted by Crippen LogP contribution is -2.42. The average Bonchev–Trinajstić information content (AvgIpc) is 3.72. The highest BCUT2D eigenvalue weighted by Crippen LogP contribution is 2.38. The van der Waals surface area contributed by atoms with Crippen molar-refractivity contribution in [1.29, 1.82) is 0 Å². The van der Waals surface area contributed by atoms with E-state index in [2.05, 4.69) is 51.7 Å². The van der Waals surface area contributed by atoms with Crippen molar-refractivity contribution >= 4 is 23.2 Å². The highest BCUT2D eigenvalue weighted by Gasteiger charge is 2.32. The zero-order chi connectivity index (χ0) is 28.9. The van der Waals surface area contributed by atoms with Gasteiger partial charge in [0.2, 0.25) is 5.91 Å². The standard InChI is InChI=1S/C34H44ClN3O3/c1-23(7-18-33(41-3)24(2)35)26-10-8-25(9-11-26)21-37(34(40)27-12-16-32(39)17-13-27)31-6-4-5-28(19-31)29-20-36-38(22-29)30-14-15-30/h4-7,18-20,22,25-27,30,32,39H,1,8-17,21H2,2-3H3/b18-7-,33-24-/t25-,26-,27-,32-. The summed E-state index contributed by atoms with van der Waals surface area (Å²) >= 11 is 6.11. The fraction of sp³-hybridized carbons (Fsp3) is 0.529. The van der Waals surface area contributed by atoms with E-state index in [4.69, 9.17) is 16.3 Å². The van der Waals surface area contributed by atoms with Gasteiger partial charge in [-0.3, -0.25) is 9.48 Å². The van der Waals surface area contributed by atoms with Gasteiger partial charge in [0, 0.05) is 29.9 Å². The average molecular weight is 578 g/mol. The molecule has 3 aliphatic rings. The van der Waals surface area contributed by atoms with Gasteiger partial charge >= 0.3 is 0 Å². The molecule has 7 heteroatoms. The molecule has 0 saturated heterocycles. The van der Waals surface area contributed by atoms with Gasteiger partial charge in [-0.2, -0.15) is 5.10 Å². The predicted octanol–water partition coefficient (Wildman–Crippen LogP) is 7.80. The lowest BCUT2D eigenvalue weighted by atomic mass is 9.78. The van der Waals surface area contributed by atoms with Gasteiger partial charge < -0.3 is 14.7 Å². The highest BCUT2D eigenvalue weighted by molar-refractivity contribution is 6.29. The maximum Gasteiger partial charge on any atom is 0.230 e. The Bertz CT molecular complexity index is 1270. The summed E-state index contributed by atoms with van der Waals surface area (Å²) in [6.07, 6.45) is 17.3. The molecular weight excluding hydrogens is 534 g/mol. The van der Waals surface area contributed by atoms with E-state index >= 15 is 0 Å². The van der Waals surface area contributed by atoms with Gasteiger partial charge in [0.15, 0.2) is 0 Å². The van der Waals surface area contributed by atoms with E-state index in [-0.39, 0.29) is 17.9 Å². The Morgan fingerprint density at radius 3 is 2.44 bits per heavy atom. The Labute approximate surface area is 249 Å². The Morgan fingerprint density at radius 1 is 1.07 bits per heavy atom. The third kappa shape index (κ3) is 7.52. The lowest BCUT2D eigenvalue weighted by molar-refractivity contribution is -0.124. The van der Waals surface area contributed by atoms with E-state index in [1.807, 2.05) is 25.3 Å². The number of methoxy groups -OCH3 is 1. The number of amides is 1. The molecular formula is C34H44ClN3O3. The minimum atomic E-state index is -0.278. The quantitative estimate of drug-likeness (QED) is 0.231. The summed E-state index contributed by atoms with van der Waals surface area (Å²) in [5.41, 5.74) is 4.25. The largest absolute Gasteiger partial charge is 0.496 e. The van der Waals surface area contributed by atoms with Crippen molar-refractivity contribution in [3.63, 3.8) is 0 Å². The Balaban J connectivity index is 1.29. The van der Waals surface area contributed by atoms with E-state index in [1.165, 1.54) is 12.8 Å². The molecule has 220 valence electrons. The summed E-state index contributed by atoms with van der Waals surface area (Å²) in [5, 5.41) is 15.3. The summed E-state index contributed by atoms with van der Waals surface area (Å²) in [5.74, 6) is 1.68. The number of aromatic nitrogens is 2. The smallest absolute Gasteiger partial charge is 0.230 e.